The number of carboxylic acids is 1. The monoisotopic (exact) mass is 426 g/mol. The number of aliphatic carboxylic acids is 1. The third-order valence-electron chi connectivity index (χ3n) is 3.50. The molecule has 27 heavy (non-hydrogen) atoms. The minimum Gasteiger partial charge on any atom is -0.480 e. The largest absolute Gasteiger partial charge is 0.480 e. The van der Waals surface area contributed by atoms with E-state index in [1.165, 1.54) is 12.1 Å². The Kier molecular flexibility index (Phi) is 5.91. The lowest BCUT2D eigenvalue weighted by molar-refractivity contribution is -0.144. The Morgan fingerprint density at radius 1 is 1.22 bits per heavy atom. The van der Waals surface area contributed by atoms with Gasteiger partial charge >= 0.3 is 17.8 Å². The molecule has 0 fully saturated rings. The predicted molar refractivity (Wildman–Crippen MR) is 89.6 cm³/mol. The number of alkyl halides is 3. The van der Waals surface area contributed by atoms with Crippen molar-refractivity contribution in [3.63, 3.8) is 0 Å². The lowest BCUT2D eigenvalue weighted by Gasteiger charge is -2.15. The zero-order valence-electron chi connectivity index (χ0n) is 13.5. The number of benzene rings is 1. The van der Waals surface area contributed by atoms with Crippen LogP contribution in [0.4, 0.5) is 13.2 Å². The minimum atomic E-state index is -4.86. The van der Waals surface area contributed by atoms with Crippen LogP contribution in [0.2, 0.25) is 10.0 Å². The highest BCUT2D eigenvalue weighted by Crippen LogP contribution is 2.35. The highest BCUT2D eigenvalue weighted by Gasteiger charge is 2.35. The summed E-state index contributed by atoms with van der Waals surface area (Å²) in [5.74, 6) is -1.29. The van der Waals surface area contributed by atoms with E-state index in [4.69, 9.17) is 33.0 Å². The van der Waals surface area contributed by atoms with Gasteiger partial charge in [-0.25, -0.2) is 9.59 Å². The average molecular weight is 427 g/mol. The number of carboxylic acid groups (broad SMARTS) is 1. The van der Waals surface area contributed by atoms with E-state index >= 15 is 0 Å². The van der Waals surface area contributed by atoms with Crippen molar-refractivity contribution in [3.05, 3.63) is 60.3 Å². The molecule has 0 bridgehead atoms. The van der Waals surface area contributed by atoms with E-state index in [1.807, 2.05) is 0 Å². The first-order chi connectivity index (χ1) is 12.4. The molecule has 0 aliphatic rings. The van der Waals surface area contributed by atoms with E-state index in [9.17, 15) is 27.6 Å². The van der Waals surface area contributed by atoms with E-state index in [2.05, 4.69) is 0 Å². The van der Waals surface area contributed by atoms with Crippen LogP contribution in [0.15, 0.2) is 27.8 Å². The molecule has 0 aliphatic carbocycles. The number of ether oxygens (including phenoxy) is 1. The maximum atomic E-state index is 12.9. The van der Waals surface area contributed by atoms with Crippen LogP contribution in [0.3, 0.4) is 0 Å². The summed E-state index contributed by atoms with van der Waals surface area (Å²) in [6, 6.07) is 2.89. The van der Waals surface area contributed by atoms with Crippen molar-refractivity contribution in [2.24, 2.45) is 7.05 Å². The van der Waals surface area contributed by atoms with E-state index < -0.39 is 42.2 Å². The zero-order chi connectivity index (χ0) is 20.5. The van der Waals surface area contributed by atoms with Crippen molar-refractivity contribution < 1.29 is 27.8 Å². The summed E-state index contributed by atoms with van der Waals surface area (Å²) in [5, 5.41) is 8.30. The lowest BCUT2D eigenvalue weighted by atomic mass is 10.2. The number of hydrogen-bond donors (Lipinski definition) is 1. The molecule has 0 amide bonds. The van der Waals surface area contributed by atoms with Crippen molar-refractivity contribution in [3.8, 4) is 5.75 Å². The highest BCUT2D eigenvalue weighted by molar-refractivity contribution is 6.43. The lowest BCUT2D eigenvalue weighted by Crippen LogP contribution is -2.41. The molecule has 0 aliphatic heterocycles. The Labute approximate surface area is 159 Å². The number of hydrogen-bond acceptors (Lipinski definition) is 4. The van der Waals surface area contributed by atoms with Gasteiger partial charge in [0.1, 0.15) is 16.5 Å². The van der Waals surface area contributed by atoms with E-state index in [-0.39, 0.29) is 21.4 Å². The summed E-state index contributed by atoms with van der Waals surface area (Å²) in [5.41, 5.74) is -3.57. The Bertz CT molecular complexity index is 1010. The molecule has 0 saturated carbocycles. The molecule has 0 spiro atoms. The highest BCUT2D eigenvalue weighted by atomic mass is 35.5. The van der Waals surface area contributed by atoms with Gasteiger partial charge in [0.25, 0.3) is 5.56 Å². The van der Waals surface area contributed by atoms with Gasteiger partial charge in [0.05, 0.1) is 11.6 Å². The molecule has 146 valence electrons. The van der Waals surface area contributed by atoms with Gasteiger partial charge < -0.3 is 9.84 Å². The maximum absolute atomic E-state index is 12.9. The second kappa shape index (κ2) is 7.65. The molecular weight excluding hydrogens is 416 g/mol. The maximum Gasteiger partial charge on any atom is 0.431 e. The normalized spacial score (nSPS) is 11.5. The van der Waals surface area contributed by atoms with Crippen LogP contribution in [-0.4, -0.2) is 26.8 Å². The summed E-state index contributed by atoms with van der Waals surface area (Å²) >= 11 is 12.0. The molecule has 2 aromatic rings. The van der Waals surface area contributed by atoms with Crippen molar-refractivity contribution in [2.45, 2.75) is 12.7 Å². The van der Waals surface area contributed by atoms with Crippen LogP contribution < -0.4 is 16.0 Å². The third-order valence-corrected chi connectivity index (χ3v) is 4.41. The van der Waals surface area contributed by atoms with Gasteiger partial charge in [-0.3, -0.25) is 13.9 Å². The molecule has 12 heteroatoms. The Balaban J connectivity index is 2.45. The second-order valence-corrected chi connectivity index (χ2v) is 6.08. The van der Waals surface area contributed by atoms with Gasteiger partial charge in [-0.15, -0.1) is 0 Å². The Morgan fingerprint density at radius 2 is 1.85 bits per heavy atom. The first-order valence-corrected chi connectivity index (χ1v) is 7.88. The topological polar surface area (TPSA) is 90.5 Å². The molecule has 0 atom stereocenters. The van der Waals surface area contributed by atoms with Gasteiger partial charge in [-0.05, 0) is 11.6 Å². The predicted octanol–water partition coefficient (Wildman–Crippen LogP) is 2.38. The van der Waals surface area contributed by atoms with Gasteiger partial charge in [-0.1, -0.05) is 29.3 Å². The molecule has 7 nitrogen and oxygen atoms in total. The average Bonchev–Trinajstić information content (AvgIpc) is 2.56. The van der Waals surface area contributed by atoms with Crippen molar-refractivity contribution in [2.75, 3.05) is 6.61 Å². The SMILES string of the molecule is Cn1c(C(F)(F)F)cc(=O)n(Cc2ccc(OCC(=O)O)c(Cl)c2Cl)c1=O. The molecule has 2 rings (SSSR count). The Morgan fingerprint density at radius 3 is 2.41 bits per heavy atom. The number of rotatable bonds is 5. The summed E-state index contributed by atoms with van der Waals surface area (Å²) in [6.45, 7) is -1.12. The number of aromatic nitrogens is 2. The minimum absolute atomic E-state index is 0.0412. The van der Waals surface area contributed by atoms with E-state index in [0.29, 0.717) is 15.2 Å². The standard InChI is InChI=1S/C15H11Cl2F3N2O5/c1-21-9(15(18,19)20)4-10(23)22(14(21)26)5-7-2-3-8(13(17)12(7)16)27-6-11(24)25/h2-4H,5-6H2,1H3,(H,24,25). The fourth-order valence-electron chi connectivity index (χ4n) is 2.20. The second-order valence-electron chi connectivity index (χ2n) is 5.33. The van der Waals surface area contributed by atoms with Crippen LogP contribution in [0.5, 0.6) is 5.75 Å². The van der Waals surface area contributed by atoms with Crippen molar-refractivity contribution >= 4 is 29.2 Å². The van der Waals surface area contributed by atoms with Crippen LogP contribution in [0.25, 0.3) is 0 Å². The van der Waals surface area contributed by atoms with Crippen LogP contribution in [-0.2, 0) is 24.6 Å². The first-order valence-electron chi connectivity index (χ1n) is 7.13. The number of carbonyl (C=O) groups is 1. The first kappa shape index (κ1) is 20.8. The number of nitrogens with zero attached hydrogens (tertiary/aromatic N) is 2. The van der Waals surface area contributed by atoms with Crippen LogP contribution >= 0.6 is 23.2 Å². The molecule has 0 saturated heterocycles. The summed E-state index contributed by atoms with van der Waals surface area (Å²) in [6.07, 6.45) is -4.86. The number of halogens is 5. The molecule has 1 aromatic heterocycles. The third kappa shape index (κ3) is 4.45. The summed E-state index contributed by atoms with van der Waals surface area (Å²) in [7, 11) is 0.887. The molecule has 0 unspecified atom stereocenters. The fraction of sp³-hybridized carbons (Fsp3) is 0.267. The molecule has 1 heterocycles. The molecular formula is C15H11Cl2F3N2O5. The molecule has 1 N–H and O–H groups in total. The zero-order valence-corrected chi connectivity index (χ0v) is 15.0. The summed E-state index contributed by atoms with van der Waals surface area (Å²) in [4.78, 5) is 34.7. The summed E-state index contributed by atoms with van der Waals surface area (Å²) < 4.78 is 44.4. The van der Waals surface area contributed by atoms with Gasteiger partial charge in [0, 0.05) is 13.1 Å². The van der Waals surface area contributed by atoms with Gasteiger partial charge in [-0.2, -0.15) is 13.2 Å². The van der Waals surface area contributed by atoms with Gasteiger partial charge in [0.15, 0.2) is 6.61 Å². The molecule has 0 radical (unpaired) electrons. The fourth-order valence-corrected chi connectivity index (χ4v) is 2.66. The molecule has 1 aromatic carbocycles. The van der Waals surface area contributed by atoms with Crippen LogP contribution in [0, 0.1) is 0 Å². The smallest absolute Gasteiger partial charge is 0.431 e. The van der Waals surface area contributed by atoms with E-state index in [1.54, 1.807) is 0 Å². The van der Waals surface area contributed by atoms with E-state index in [0.717, 1.165) is 7.05 Å². The van der Waals surface area contributed by atoms with Crippen LogP contribution in [0.1, 0.15) is 11.3 Å². The van der Waals surface area contributed by atoms with Crippen molar-refractivity contribution in [1.82, 2.24) is 9.13 Å². The van der Waals surface area contributed by atoms with Crippen molar-refractivity contribution in [1.29, 1.82) is 0 Å². The quantitative estimate of drug-likeness (QED) is 0.792. The van der Waals surface area contributed by atoms with Gasteiger partial charge in [0.2, 0.25) is 0 Å². The Hall–Kier alpha value is -2.46.